The second-order valence-electron chi connectivity index (χ2n) is 2.65. The van der Waals surface area contributed by atoms with Crippen molar-refractivity contribution in [3.63, 3.8) is 0 Å². The van der Waals surface area contributed by atoms with E-state index >= 15 is 0 Å². The molecule has 0 aromatic heterocycles. The maximum Gasteiger partial charge on any atom is 0.160 e. The highest BCUT2D eigenvalue weighted by Crippen LogP contribution is 2.34. The molecule has 78 valence electrons. The molecular weight excluding hydrogens is 225 g/mol. The number of rotatable bonds is 4. The lowest BCUT2D eigenvalue weighted by Crippen LogP contribution is -2.06. The van der Waals surface area contributed by atoms with E-state index in [1.807, 2.05) is 0 Å². The van der Waals surface area contributed by atoms with Gasteiger partial charge in [-0.25, -0.2) is 0 Å². The summed E-state index contributed by atoms with van der Waals surface area (Å²) in [7, 11) is 1.59. The van der Waals surface area contributed by atoms with Crippen molar-refractivity contribution in [1.29, 1.82) is 0 Å². The normalized spacial score (nSPS) is 10.2. The summed E-state index contributed by atoms with van der Waals surface area (Å²) in [5.74, 6) is 0.452. The molecule has 0 aliphatic carbocycles. The minimum absolute atomic E-state index is 0.405. The Bertz CT molecular complexity index is 295. The Morgan fingerprint density at radius 2 is 2.00 bits per heavy atom. The largest absolute Gasteiger partial charge is 0.487 e. The zero-order valence-corrected chi connectivity index (χ0v) is 9.23. The van der Waals surface area contributed by atoms with Crippen LogP contribution in [-0.4, -0.2) is 20.3 Å². The van der Waals surface area contributed by atoms with E-state index in [-0.39, 0.29) is 0 Å². The number of hydrogen-bond acceptors (Lipinski definition) is 3. The van der Waals surface area contributed by atoms with E-state index in [4.69, 9.17) is 38.4 Å². The van der Waals surface area contributed by atoms with Crippen molar-refractivity contribution in [3.05, 3.63) is 22.2 Å². The molecule has 0 heterocycles. The molecule has 1 aromatic carbocycles. The number of benzene rings is 1. The topological polar surface area (TPSA) is 44.5 Å². The van der Waals surface area contributed by atoms with Crippen LogP contribution in [0.2, 0.25) is 10.0 Å². The molecule has 0 bridgehead atoms. The Labute approximate surface area is 92.7 Å². The van der Waals surface area contributed by atoms with Crippen LogP contribution in [0.5, 0.6) is 5.75 Å². The number of hydrogen-bond donors (Lipinski definition) is 1. The molecule has 14 heavy (non-hydrogen) atoms. The molecule has 2 N–H and O–H groups in total. The summed E-state index contributed by atoms with van der Waals surface area (Å²) < 4.78 is 10.2. The van der Waals surface area contributed by atoms with Gasteiger partial charge in [-0.1, -0.05) is 23.2 Å². The average molecular weight is 236 g/mol. The summed E-state index contributed by atoms with van der Waals surface area (Å²) in [6.45, 7) is 0.889. The summed E-state index contributed by atoms with van der Waals surface area (Å²) in [6, 6.07) is 3.18. The van der Waals surface area contributed by atoms with Gasteiger partial charge >= 0.3 is 0 Å². The second-order valence-corrected chi connectivity index (χ2v) is 3.49. The number of ether oxygens (including phenoxy) is 2. The molecule has 0 amide bonds. The zero-order chi connectivity index (χ0) is 10.6. The molecule has 0 spiro atoms. The highest BCUT2D eigenvalue weighted by Gasteiger charge is 2.07. The first-order valence-corrected chi connectivity index (χ1v) is 4.77. The van der Waals surface area contributed by atoms with Crippen LogP contribution in [0.25, 0.3) is 0 Å². The molecule has 0 saturated carbocycles. The van der Waals surface area contributed by atoms with Crippen molar-refractivity contribution < 1.29 is 9.47 Å². The third kappa shape index (κ3) is 2.94. The number of methoxy groups -OCH3 is 1. The maximum absolute atomic E-state index is 5.88. The SMILES string of the molecule is COCCOc1c(N)cc(Cl)cc1Cl. The Hall–Kier alpha value is -0.640. The van der Waals surface area contributed by atoms with Crippen molar-refractivity contribution in [1.82, 2.24) is 0 Å². The molecular formula is C9H11Cl2NO2. The summed E-state index contributed by atoms with van der Waals surface area (Å²) >= 11 is 11.6. The van der Waals surface area contributed by atoms with Gasteiger partial charge < -0.3 is 15.2 Å². The van der Waals surface area contributed by atoms with E-state index in [9.17, 15) is 0 Å². The fraction of sp³-hybridized carbons (Fsp3) is 0.333. The Balaban J connectivity index is 2.75. The fourth-order valence-corrected chi connectivity index (χ4v) is 1.52. The average Bonchev–Trinajstić information content (AvgIpc) is 2.09. The molecule has 1 rings (SSSR count). The summed E-state index contributed by atoms with van der Waals surface area (Å²) in [5.41, 5.74) is 6.10. The van der Waals surface area contributed by atoms with E-state index in [1.165, 1.54) is 0 Å². The second kappa shape index (κ2) is 5.29. The van der Waals surface area contributed by atoms with E-state index in [0.29, 0.717) is 34.7 Å². The van der Waals surface area contributed by atoms with Crippen LogP contribution in [0.3, 0.4) is 0 Å². The Kier molecular flexibility index (Phi) is 4.32. The van der Waals surface area contributed by atoms with Gasteiger partial charge in [-0.2, -0.15) is 0 Å². The van der Waals surface area contributed by atoms with Crippen LogP contribution >= 0.6 is 23.2 Å². The summed E-state index contributed by atoms with van der Waals surface area (Å²) in [5, 5.41) is 0.901. The van der Waals surface area contributed by atoms with Gasteiger partial charge in [0, 0.05) is 12.1 Å². The van der Waals surface area contributed by atoms with E-state index in [1.54, 1.807) is 19.2 Å². The molecule has 0 atom stereocenters. The quantitative estimate of drug-likeness (QED) is 0.645. The van der Waals surface area contributed by atoms with Crippen molar-refractivity contribution in [2.45, 2.75) is 0 Å². The molecule has 3 nitrogen and oxygen atoms in total. The van der Waals surface area contributed by atoms with Gasteiger partial charge in [0.1, 0.15) is 6.61 Å². The maximum atomic E-state index is 5.88. The van der Waals surface area contributed by atoms with Crippen molar-refractivity contribution in [3.8, 4) is 5.75 Å². The van der Waals surface area contributed by atoms with Crippen molar-refractivity contribution >= 4 is 28.9 Å². The van der Waals surface area contributed by atoms with Crippen molar-refractivity contribution in [2.75, 3.05) is 26.1 Å². The lowest BCUT2D eigenvalue weighted by atomic mass is 10.3. The Morgan fingerprint density at radius 1 is 1.29 bits per heavy atom. The van der Waals surface area contributed by atoms with Gasteiger partial charge in [-0.15, -0.1) is 0 Å². The molecule has 1 aromatic rings. The van der Waals surface area contributed by atoms with Crippen LogP contribution in [0.4, 0.5) is 5.69 Å². The third-order valence-electron chi connectivity index (χ3n) is 1.57. The number of nitrogen functional groups attached to an aromatic ring is 1. The molecule has 0 fully saturated rings. The van der Waals surface area contributed by atoms with Crippen molar-refractivity contribution in [2.24, 2.45) is 0 Å². The molecule has 0 saturated heterocycles. The summed E-state index contributed by atoms with van der Waals surface area (Å²) in [6.07, 6.45) is 0. The summed E-state index contributed by atoms with van der Waals surface area (Å²) in [4.78, 5) is 0. The van der Waals surface area contributed by atoms with Gasteiger partial charge in [0.05, 0.1) is 17.3 Å². The van der Waals surface area contributed by atoms with Gasteiger partial charge in [-0.05, 0) is 12.1 Å². The van der Waals surface area contributed by atoms with Crippen LogP contribution in [-0.2, 0) is 4.74 Å². The van der Waals surface area contributed by atoms with E-state index in [2.05, 4.69) is 0 Å². The predicted octanol–water partition coefficient (Wildman–Crippen LogP) is 2.60. The minimum Gasteiger partial charge on any atom is -0.487 e. The first-order chi connectivity index (χ1) is 6.65. The van der Waals surface area contributed by atoms with Gasteiger partial charge in [0.25, 0.3) is 0 Å². The van der Waals surface area contributed by atoms with Crippen LogP contribution in [0.1, 0.15) is 0 Å². The minimum atomic E-state index is 0.405. The first-order valence-electron chi connectivity index (χ1n) is 4.01. The highest BCUT2D eigenvalue weighted by molar-refractivity contribution is 6.36. The number of halogens is 2. The molecule has 5 heteroatoms. The zero-order valence-electron chi connectivity index (χ0n) is 7.72. The lowest BCUT2D eigenvalue weighted by molar-refractivity contribution is 0.147. The molecule has 0 aliphatic rings. The van der Waals surface area contributed by atoms with E-state index < -0.39 is 0 Å². The fourth-order valence-electron chi connectivity index (χ4n) is 0.960. The molecule has 0 aliphatic heterocycles. The van der Waals surface area contributed by atoms with Gasteiger partial charge in [0.2, 0.25) is 0 Å². The lowest BCUT2D eigenvalue weighted by Gasteiger charge is -2.10. The number of nitrogens with two attached hydrogens (primary N) is 1. The standard InChI is InChI=1S/C9H11Cl2NO2/c1-13-2-3-14-9-7(11)4-6(10)5-8(9)12/h4-5H,2-3,12H2,1H3. The van der Waals surface area contributed by atoms with Gasteiger partial charge in [-0.3, -0.25) is 0 Å². The molecule has 0 radical (unpaired) electrons. The monoisotopic (exact) mass is 235 g/mol. The predicted molar refractivity (Wildman–Crippen MR) is 58.2 cm³/mol. The van der Waals surface area contributed by atoms with Crippen LogP contribution in [0, 0.1) is 0 Å². The van der Waals surface area contributed by atoms with Gasteiger partial charge in [0.15, 0.2) is 5.75 Å². The van der Waals surface area contributed by atoms with Crippen LogP contribution in [0.15, 0.2) is 12.1 Å². The number of anilines is 1. The highest BCUT2D eigenvalue weighted by atomic mass is 35.5. The smallest absolute Gasteiger partial charge is 0.160 e. The first kappa shape index (κ1) is 11.4. The Morgan fingerprint density at radius 3 is 2.57 bits per heavy atom. The molecule has 0 unspecified atom stereocenters. The van der Waals surface area contributed by atoms with E-state index in [0.717, 1.165) is 0 Å². The third-order valence-corrected chi connectivity index (χ3v) is 2.07. The van der Waals surface area contributed by atoms with Crippen LogP contribution < -0.4 is 10.5 Å².